The van der Waals surface area contributed by atoms with E-state index < -0.39 is 6.10 Å². The van der Waals surface area contributed by atoms with Crippen LogP contribution in [0.4, 0.5) is 10.1 Å². The molecule has 1 aromatic heterocycles. The summed E-state index contributed by atoms with van der Waals surface area (Å²) in [6.07, 6.45) is -0.823. The topological polar surface area (TPSA) is 23.5 Å². The third kappa shape index (κ3) is 3.19. The number of hydrogen-bond acceptors (Lipinski definition) is 3. The zero-order valence-electron chi connectivity index (χ0n) is 12.0. The first-order chi connectivity index (χ1) is 9.50. The third-order valence-electron chi connectivity index (χ3n) is 3.29. The summed E-state index contributed by atoms with van der Waals surface area (Å²) < 4.78 is 14.0. The van der Waals surface area contributed by atoms with Crippen molar-refractivity contribution in [2.24, 2.45) is 0 Å². The van der Waals surface area contributed by atoms with Crippen LogP contribution < -0.4 is 4.90 Å². The van der Waals surface area contributed by atoms with Crippen LogP contribution in [0.15, 0.2) is 35.7 Å². The Labute approximate surface area is 123 Å². The van der Waals surface area contributed by atoms with E-state index in [0.717, 1.165) is 12.2 Å². The fourth-order valence-corrected chi connectivity index (χ4v) is 3.01. The van der Waals surface area contributed by atoms with Gasteiger partial charge in [-0.1, -0.05) is 12.1 Å². The average Bonchev–Trinajstić information content (AvgIpc) is 2.87. The molecule has 0 aliphatic rings. The molecule has 0 saturated carbocycles. The summed E-state index contributed by atoms with van der Waals surface area (Å²) in [6.45, 7) is 6.47. The maximum Gasteiger partial charge on any atom is 0.131 e. The molecule has 20 heavy (non-hydrogen) atoms. The lowest BCUT2D eigenvalue weighted by Crippen LogP contribution is -2.31. The first-order valence-corrected chi connectivity index (χ1v) is 7.64. The largest absolute Gasteiger partial charge is 0.389 e. The molecule has 1 aromatic carbocycles. The molecule has 4 heteroatoms. The van der Waals surface area contributed by atoms with Crippen LogP contribution in [0.5, 0.6) is 0 Å². The average molecular weight is 293 g/mol. The van der Waals surface area contributed by atoms with Crippen molar-refractivity contribution in [3.63, 3.8) is 0 Å². The molecule has 1 N–H and O–H groups in total. The Morgan fingerprint density at radius 2 is 1.95 bits per heavy atom. The van der Waals surface area contributed by atoms with E-state index in [1.54, 1.807) is 24.3 Å². The van der Waals surface area contributed by atoms with E-state index in [1.807, 2.05) is 17.5 Å². The second-order valence-corrected chi connectivity index (χ2v) is 6.18. The van der Waals surface area contributed by atoms with Crippen molar-refractivity contribution in [3.8, 4) is 0 Å². The molecule has 0 radical (unpaired) electrons. The van der Waals surface area contributed by atoms with Crippen LogP contribution in [-0.2, 0) is 6.54 Å². The molecular weight excluding hydrogens is 273 g/mol. The van der Waals surface area contributed by atoms with Gasteiger partial charge in [-0.3, -0.25) is 0 Å². The predicted octanol–water partition coefficient (Wildman–Crippen LogP) is 4.36. The molecule has 108 valence electrons. The zero-order chi connectivity index (χ0) is 14.7. The van der Waals surface area contributed by atoms with E-state index in [2.05, 4.69) is 24.8 Å². The van der Waals surface area contributed by atoms with Gasteiger partial charge < -0.3 is 10.0 Å². The minimum atomic E-state index is -0.823. The number of aliphatic hydroxyl groups is 1. The van der Waals surface area contributed by atoms with Crippen molar-refractivity contribution >= 4 is 17.0 Å². The van der Waals surface area contributed by atoms with E-state index in [-0.39, 0.29) is 11.9 Å². The maximum atomic E-state index is 14.0. The van der Waals surface area contributed by atoms with E-state index in [0.29, 0.717) is 5.56 Å². The molecule has 2 rings (SSSR count). The minimum Gasteiger partial charge on any atom is -0.389 e. The highest BCUT2D eigenvalue weighted by Crippen LogP contribution is 2.31. The quantitative estimate of drug-likeness (QED) is 0.885. The van der Waals surface area contributed by atoms with Crippen molar-refractivity contribution in [3.05, 3.63) is 52.0 Å². The highest BCUT2D eigenvalue weighted by Gasteiger charge is 2.20. The fourth-order valence-electron chi connectivity index (χ4n) is 2.31. The smallest absolute Gasteiger partial charge is 0.131 e. The molecule has 0 spiro atoms. The van der Waals surface area contributed by atoms with Gasteiger partial charge in [0.25, 0.3) is 0 Å². The summed E-state index contributed by atoms with van der Waals surface area (Å²) >= 11 is 1.68. The van der Waals surface area contributed by atoms with Crippen molar-refractivity contribution in [2.45, 2.75) is 39.5 Å². The summed E-state index contributed by atoms with van der Waals surface area (Å²) in [5.74, 6) is -0.352. The van der Waals surface area contributed by atoms with Gasteiger partial charge in [0.2, 0.25) is 0 Å². The number of halogens is 1. The summed E-state index contributed by atoms with van der Waals surface area (Å²) in [5, 5.41) is 11.9. The van der Waals surface area contributed by atoms with Gasteiger partial charge in [0.1, 0.15) is 5.82 Å². The minimum absolute atomic E-state index is 0.219. The van der Waals surface area contributed by atoms with Crippen LogP contribution in [0.3, 0.4) is 0 Å². The molecule has 1 unspecified atom stereocenters. The van der Waals surface area contributed by atoms with Gasteiger partial charge >= 0.3 is 0 Å². The molecular formula is C16H20FNOS. The summed E-state index contributed by atoms with van der Waals surface area (Å²) in [5.41, 5.74) is 1.14. The Hall–Kier alpha value is -1.39. The number of thiophene rings is 1. The lowest BCUT2D eigenvalue weighted by molar-refractivity contribution is 0.194. The Bertz CT molecular complexity index is 552. The van der Waals surface area contributed by atoms with Crippen LogP contribution >= 0.6 is 11.3 Å². The van der Waals surface area contributed by atoms with Crippen molar-refractivity contribution < 1.29 is 9.50 Å². The first-order valence-electron chi connectivity index (χ1n) is 6.76. The lowest BCUT2D eigenvalue weighted by atomic mass is 10.1. The SMILES string of the molecule is CC(O)c1c(F)cccc1N(Cc1cccs1)C(C)C. The predicted molar refractivity (Wildman–Crippen MR) is 82.7 cm³/mol. The molecule has 1 heterocycles. The Kier molecular flexibility index (Phi) is 4.78. The number of benzene rings is 1. The zero-order valence-corrected chi connectivity index (χ0v) is 12.8. The van der Waals surface area contributed by atoms with Gasteiger partial charge in [0.05, 0.1) is 12.6 Å². The standard InChI is InChI=1S/C16H20FNOS/c1-11(2)18(10-13-6-5-9-20-13)15-8-4-7-14(17)16(15)12(3)19/h4-9,11-12,19H,10H2,1-3H3. The first kappa shape index (κ1) is 15.0. The van der Waals surface area contributed by atoms with Crippen molar-refractivity contribution in [1.29, 1.82) is 0 Å². The molecule has 0 aliphatic carbocycles. The Balaban J connectivity index is 2.42. The number of nitrogens with zero attached hydrogens (tertiary/aromatic N) is 1. The molecule has 2 aromatic rings. The molecule has 2 nitrogen and oxygen atoms in total. The van der Waals surface area contributed by atoms with E-state index in [1.165, 1.54) is 10.9 Å². The van der Waals surface area contributed by atoms with Crippen LogP contribution in [-0.4, -0.2) is 11.1 Å². The Morgan fingerprint density at radius 3 is 2.50 bits per heavy atom. The van der Waals surface area contributed by atoms with Crippen LogP contribution in [0.2, 0.25) is 0 Å². The van der Waals surface area contributed by atoms with E-state index in [4.69, 9.17) is 0 Å². The monoisotopic (exact) mass is 293 g/mol. The van der Waals surface area contributed by atoms with Crippen molar-refractivity contribution in [2.75, 3.05) is 4.90 Å². The van der Waals surface area contributed by atoms with E-state index in [9.17, 15) is 9.50 Å². The van der Waals surface area contributed by atoms with E-state index >= 15 is 0 Å². The summed E-state index contributed by atoms with van der Waals surface area (Å²) in [7, 11) is 0. The maximum absolute atomic E-state index is 14.0. The Morgan fingerprint density at radius 1 is 1.20 bits per heavy atom. The lowest BCUT2D eigenvalue weighted by Gasteiger charge is -2.31. The number of rotatable bonds is 5. The number of anilines is 1. The van der Waals surface area contributed by atoms with Crippen molar-refractivity contribution in [1.82, 2.24) is 0 Å². The molecule has 0 bridgehead atoms. The second kappa shape index (κ2) is 6.37. The summed E-state index contributed by atoms with van der Waals surface area (Å²) in [6, 6.07) is 9.27. The normalized spacial score (nSPS) is 12.7. The van der Waals surface area contributed by atoms with Crippen LogP contribution in [0, 0.1) is 5.82 Å². The van der Waals surface area contributed by atoms with Crippen LogP contribution in [0.25, 0.3) is 0 Å². The fraction of sp³-hybridized carbons (Fsp3) is 0.375. The van der Waals surface area contributed by atoms with Gasteiger partial charge in [0.15, 0.2) is 0 Å². The highest BCUT2D eigenvalue weighted by molar-refractivity contribution is 7.09. The molecule has 0 saturated heterocycles. The van der Waals surface area contributed by atoms with Gasteiger partial charge in [0, 0.05) is 22.2 Å². The van der Waals surface area contributed by atoms with Gasteiger partial charge in [-0.25, -0.2) is 4.39 Å². The number of hydrogen-bond donors (Lipinski definition) is 1. The third-order valence-corrected chi connectivity index (χ3v) is 4.15. The number of aliphatic hydroxyl groups excluding tert-OH is 1. The molecule has 0 fully saturated rings. The van der Waals surface area contributed by atoms with Gasteiger partial charge in [-0.05, 0) is 44.4 Å². The van der Waals surface area contributed by atoms with Crippen LogP contribution in [0.1, 0.15) is 37.3 Å². The van der Waals surface area contributed by atoms with Gasteiger partial charge in [-0.2, -0.15) is 0 Å². The molecule has 1 atom stereocenters. The highest BCUT2D eigenvalue weighted by atomic mass is 32.1. The second-order valence-electron chi connectivity index (χ2n) is 5.15. The summed E-state index contributed by atoms with van der Waals surface area (Å²) in [4.78, 5) is 3.34. The molecule has 0 aliphatic heterocycles. The molecule has 0 amide bonds. The van der Waals surface area contributed by atoms with Gasteiger partial charge in [-0.15, -0.1) is 11.3 Å².